The first-order valence-corrected chi connectivity index (χ1v) is 5.64. The zero-order chi connectivity index (χ0) is 12.1. The second-order valence-corrected chi connectivity index (χ2v) is 3.81. The van der Waals surface area contributed by atoms with Crippen LogP contribution in [0.2, 0.25) is 0 Å². The number of H-pyrrole nitrogens is 1. The van der Waals surface area contributed by atoms with E-state index in [2.05, 4.69) is 15.5 Å². The van der Waals surface area contributed by atoms with Crippen LogP contribution >= 0.6 is 0 Å². The number of aromatic amines is 1. The fraction of sp³-hybridized carbons (Fsp3) is 0.231. The number of nitrogens with one attached hydrogen (secondary N) is 2. The summed E-state index contributed by atoms with van der Waals surface area (Å²) in [7, 11) is 0. The summed E-state index contributed by atoms with van der Waals surface area (Å²) in [6.07, 6.45) is 4.17. The van der Waals surface area contributed by atoms with E-state index < -0.39 is 0 Å². The summed E-state index contributed by atoms with van der Waals surface area (Å²) in [4.78, 5) is 11.4. The molecule has 88 valence electrons. The number of aromatic nitrogens is 2. The number of nitrogens with zero attached hydrogens (tertiary/aromatic N) is 1. The van der Waals surface area contributed by atoms with E-state index in [-0.39, 0.29) is 5.78 Å². The Bertz CT molecular complexity index is 474. The van der Waals surface area contributed by atoms with Gasteiger partial charge < -0.3 is 5.32 Å². The largest absolute Gasteiger partial charge is 0.381 e. The van der Waals surface area contributed by atoms with Gasteiger partial charge in [-0.05, 0) is 24.3 Å². The first-order chi connectivity index (χ1) is 8.29. The summed E-state index contributed by atoms with van der Waals surface area (Å²) in [5.41, 5.74) is 2.86. The minimum absolute atomic E-state index is 0.173. The van der Waals surface area contributed by atoms with Crippen molar-refractivity contribution in [1.29, 1.82) is 0 Å². The summed E-state index contributed by atoms with van der Waals surface area (Å²) in [6.45, 7) is 2.59. The lowest BCUT2D eigenvalue weighted by Gasteiger charge is -2.05. The fourth-order valence-electron chi connectivity index (χ4n) is 1.56. The summed E-state index contributed by atoms with van der Waals surface area (Å²) in [5, 5.41) is 9.90. The average Bonchev–Trinajstić information content (AvgIpc) is 2.89. The number of Topliss-reactive ketones (excluding diaryl/α,β-unsaturated/α-hetero) is 1. The minimum Gasteiger partial charge on any atom is -0.381 e. The molecule has 0 atom stereocenters. The molecule has 0 spiro atoms. The van der Waals surface area contributed by atoms with Crippen LogP contribution in [0.3, 0.4) is 0 Å². The van der Waals surface area contributed by atoms with Crippen molar-refractivity contribution >= 4 is 11.5 Å². The van der Waals surface area contributed by atoms with Gasteiger partial charge in [-0.2, -0.15) is 5.10 Å². The van der Waals surface area contributed by atoms with E-state index in [0.29, 0.717) is 6.42 Å². The van der Waals surface area contributed by atoms with Crippen molar-refractivity contribution in [3.05, 3.63) is 47.8 Å². The first-order valence-electron chi connectivity index (χ1n) is 5.64. The van der Waals surface area contributed by atoms with Crippen LogP contribution in [0, 0.1) is 0 Å². The lowest BCUT2D eigenvalue weighted by Crippen LogP contribution is -2.00. The van der Waals surface area contributed by atoms with E-state index in [0.717, 1.165) is 23.4 Å². The minimum atomic E-state index is 0.173. The number of rotatable bonds is 5. The van der Waals surface area contributed by atoms with Crippen LogP contribution in [-0.4, -0.2) is 16.0 Å². The highest BCUT2D eigenvalue weighted by Gasteiger charge is 2.02. The van der Waals surface area contributed by atoms with Gasteiger partial charge >= 0.3 is 0 Å². The van der Waals surface area contributed by atoms with Gasteiger partial charge in [-0.3, -0.25) is 9.89 Å². The van der Waals surface area contributed by atoms with Gasteiger partial charge in [0.25, 0.3) is 0 Å². The number of benzene rings is 1. The normalized spacial score (nSPS) is 10.2. The monoisotopic (exact) mass is 229 g/mol. The maximum Gasteiger partial charge on any atom is 0.162 e. The molecule has 0 fully saturated rings. The summed E-state index contributed by atoms with van der Waals surface area (Å²) >= 11 is 0. The fourth-order valence-corrected chi connectivity index (χ4v) is 1.56. The molecule has 2 aromatic rings. The molecule has 2 rings (SSSR count). The number of anilines is 1. The second-order valence-electron chi connectivity index (χ2n) is 3.81. The molecule has 1 aromatic heterocycles. The first kappa shape index (κ1) is 11.4. The molecule has 0 amide bonds. The van der Waals surface area contributed by atoms with Gasteiger partial charge in [0.15, 0.2) is 5.78 Å². The topological polar surface area (TPSA) is 57.8 Å². The van der Waals surface area contributed by atoms with Crippen LogP contribution in [0.25, 0.3) is 0 Å². The summed E-state index contributed by atoms with van der Waals surface area (Å²) in [6, 6.07) is 7.54. The second kappa shape index (κ2) is 5.30. The molecule has 0 saturated carbocycles. The van der Waals surface area contributed by atoms with Gasteiger partial charge in [-0.1, -0.05) is 6.92 Å². The molecule has 0 aliphatic carbocycles. The molecule has 0 unspecified atom stereocenters. The Labute approximate surface area is 100 Å². The Morgan fingerprint density at radius 1 is 1.35 bits per heavy atom. The number of hydrogen-bond donors (Lipinski definition) is 2. The van der Waals surface area contributed by atoms with Crippen LogP contribution in [0.5, 0.6) is 0 Å². The van der Waals surface area contributed by atoms with Crippen LogP contribution in [0.15, 0.2) is 36.7 Å². The van der Waals surface area contributed by atoms with E-state index in [1.54, 1.807) is 6.20 Å². The molecular formula is C13H15N3O. The Balaban J connectivity index is 1.96. The van der Waals surface area contributed by atoms with E-state index in [4.69, 9.17) is 0 Å². The maximum absolute atomic E-state index is 11.4. The van der Waals surface area contributed by atoms with Crippen molar-refractivity contribution in [3.8, 4) is 0 Å². The molecule has 1 heterocycles. The predicted molar refractivity (Wildman–Crippen MR) is 67.0 cm³/mol. The van der Waals surface area contributed by atoms with E-state index in [1.807, 2.05) is 37.4 Å². The van der Waals surface area contributed by atoms with Crippen molar-refractivity contribution in [3.63, 3.8) is 0 Å². The third-order valence-electron chi connectivity index (χ3n) is 2.58. The van der Waals surface area contributed by atoms with Crippen molar-refractivity contribution in [2.75, 3.05) is 5.32 Å². The van der Waals surface area contributed by atoms with Gasteiger partial charge in [0.05, 0.1) is 6.20 Å². The standard InChI is InChI=1S/C13H15N3O/c1-2-13(17)11-3-5-12(6-4-11)14-7-10-8-15-16-9-10/h3-6,8-9,14H,2,7H2,1H3,(H,15,16). The smallest absolute Gasteiger partial charge is 0.162 e. The molecule has 0 radical (unpaired) electrons. The zero-order valence-corrected chi connectivity index (χ0v) is 9.73. The SMILES string of the molecule is CCC(=O)c1ccc(NCc2cn[nH]c2)cc1. The molecule has 0 bridgehead atoms. The Kier molecular flexibility index (Phi) is 3.55. The van der Waals surface area contributed by atoms with Crippen molar-refractivity contribution in [1.82, 2.24) is 10.2 Å². The molecule has 4 nitrogen and oxygen atoms in total. The van der Waals surface area contributed by atoms with Gasteiger partial charge in [0.2, 0.25) is 0 Å². The number of carbonyl (C=O) groups is 1. The molecule has 0 saturated heterocycles. The highest BCUT2D eigenvalue weighted by molar-refractivity contribution is 5.96. The van der Waals surface area contributed by atoms with Gasteiger partial charge in [0, 0.05) is 36.0 Å². The number of hydrogen-bond acceptors (Lipinski definition) is 3. The van der Waals surface area contributed by atoms with Crippen LogP contribution in [0.1, 0.15) is 29.3 Å². The number of carbonyl (C=O) groups excluding carboxylic acids is 1. The van der Waals surface area contributed by atoms with Crippen LogP contribution < -0.4 is 5.32 Å². The molecular weight excluding hydrogens is 214 g/mol. The van der Waals surface area contributed by atoms with Crippen LogP contribution in [0.4, 0.5) is 5.69 Å². The number of ketones is 1. The van der Waals surface area contributed by atoms with Gasteiger partial charge in [-0.15, -0.1) is 0 Å². The maximum atomic E-state index is 11.4. The molecule has 17 heavy (non-hydrogen) atoms. The third-order valence-corrected chi connectivity index (χ3v) is 2.58. The molecule has 2 N–H and O–H groups in total. The quantitative estimate of drug-likeness (QED) is 0.775. The highest BCUT2D eigenvalue weighted by Crippen LogP contribution is 2.12. The third kappa shape index (κ3) is 2.93. The van der Waals surface area contributed by atoms with Gasteiger partial charge in [0.1, 0.15) is 0 Å². The van der Waals surface area contributed by atoms with Crippen molar-refractivity contribution in [2.45, 2.75) is 19.9 Å². The Hall–Kier alpha value is -2.10. The summed E-state index contributed by atoms with van der Waals surface area (Å²) in [5.74, 6) is 0.173. The Morgan fingerprint density at radius 2 is 2.12 bits per heavy atom. The van der Waals surface area contributed by atoms with E-state index >= 15 is 0 Å². The molecule has 0 aliphatic rings. The molecule has 1 aromatic carbocycles. The van der Waals surface area contributed by atoms with Crippen molar-refractivity contribution < 1.29 is 4.79 Å². The van der Waals surface area contributed by atoms with Crippen molar-refractivity contribution in [2.24, 2.45) is 0 Å². The Morgan fingerprint density at radius 3 is 2.71 bits per heavy atom. The summed E-state index contributed by atoms with van der Waals surface area (Å²) < 4.78 is 0. The predicted octanol–water partition coefficient (Wildman–Crippen LogP) is 2.61. The van der Waals surface area contributed by atoms with E-state index in [1.165, 1.54) is 0 Å². The van der Waals surface area contributed by atoms with Gasteiger partial charge in [-0.25, -0.2) is 0 Å². The van der Waals surface area contributed by atoms with E-state index in [9.17, 15) is 4.79 Å². The average molecular weight is 229 g/mol. The lowest BCUT2D eigenvalue weighted by atomic mass is 10.1. The molecule has 0 aliphatic heterocycles. The van der Waals surface area contributed by atoms with Crippen LogP contribution in [-0.2, 0) is 6.54 Å². The lowest BCUT2D eigenvalue weighted by molar-refractivity contribution is 0.0988. The highest BCUT2D eigenvalue weighted by atomic mass is 16.1. The zero-order valence-electron chi connectivity index (χ0n) is 9.73. The molecule has 4 heteroatoms.